The summed E-state index contributed by atoms with van der Waals surface area (Å²) >= 11 is 7.57. The average molecular weight is 429 g/mol. The van der Waals surface area contributed by atoms with Crippen LogP contribution in [0, 0.1) is 5.82 Å². The molecule has 0 saturated heterocycles. The molecule has 0 amide bonds. The Morgan fingerprint density at radius 3 is 2.65 bits per heavy atom. The van der Waals surface area contributed by atoms with Crippen LogP contribution in [0.5, 0.6) is 0 Å². The Balaban J connectivity index is 3.16. The van der Waals surface area contributed by atoms with Crippen molar-refractivity contribution in [3.8, 4) is 0 Å². The van der Waals surface area contributed by atoms with E-state index in [9.17, 15) is 13.7 Å². The van der Waals surface area contributed by atoms with Gasteiger partial charge >= 0.3 is 5.97 Å². The van der Waals surface area contributed by atoms with Crippen molar-refractivity contribution in [1.82, 2.24) is 4.72 Å². The van der Waals surface area contributed by atoms with Crippen LogP contribution >= 0.6 is 27.5 Å². The molecule has 0 fully saturated rings. The van der Waals surface area contributed by atoms with Gasteiger partial charge in [0.15, 0.2) is 0 Å². The number of ether oxygens (including phenoxy) is 1. The molecule has 23 heavy (non-hydrogen) atoms. The van der Waals surface area contributed by atoms with Crippen LogP contribution in [0.25, 0.3) is 0 Å². The molecular formula is C15H20BrClFNO3S. The molecular weight excluding hydrogens is 409 g/mol. The van der Waals surface area contributed by atoms with Gasteiger partial charge in [0.05, 0.1) is 23.5 Å². The summed E-state index contributed by atoms with van der Waals surface area (Å²) in [5, 5.41) is 0.311. The number of benzene rings is 1. The molecule has 1 unspecified atom stereocenters. The lowest BCUT2D eigenvalue weighted by Gasteiger charge is -2.28. The van der Waals surface area contributed by atoms with E-state index in [0.717, 1.165) is 0 Å². The van der Waals surface area contributed by atoms with Crippen LogP contribution in [-0.4, -0.2) is 21.9 Å². The Labute approximate surface area is 152 Å². The second kappa shape index (κ2) is 8.67. The van der Waals surface area contributed by atoms with Gasteiger partial charge < -0.3 is 9.29 Å². The molecule has 0 bridgehead atoms. The van der Waals surface area contributed by atoms with E-state index in [4.69, 9.17) is 16.3 Å². The van der Waals surface area contributed by atoms with Crippen LogP contribution in [0.4, 0.5) is 4.39 Å². The van der Waals surface area contributed by atoms with Gasteiger partial charge in [0.25, 0.3) is 0 Å². The lowest BCUT2D eigenvalue weighted by atomic mass is 10.0. The maximum Gasteiger partial charge on any atom is 0.307 e. The van der Waals surface area contributed by atoms with E-state index in [1.54, 1.807) is 27.7 Å². The Hall–Kier alpha value is -0.340. The summed E-state index contributed by atoms with van der Waals surface area (Å²) in [6.45, 7) is 7.24. The highest BCUT2D eigenvalue weighted by Crippen LogP contribution is 2.31. The van der Waals surface area contributed by atoms with Gasteiger partial charge in [-0.3, -0.25) is 4.79 Å². The molecule has 1 N–H and O–H groups in total. The number of nitrogens with one attached hydrogen (secondary N) is 1. The van der Waals surface area contributed by atoms with Crippen molar-refractivity contribution in [2.75, 3.05) is 6.61 Å². The maximum atomic E-state index is 14.4. The van der Waals surface area contributed by atoms with Gasteiger partial charge in [0, 0.05) is 21.9 Å². The van der Waals surface area contributed by atoms with Crippen LogP contribution in [-0.2, 0) is 20.9 Å². The second-order valence-electron chi connectivity index (χ2n) is 5.85. The van der Waals surface area contributed by atoms with Gasteiger partial charge in [-0.2, -0.15) is 0 Å². The first kappa shape index (κ1) is 20.7. The standard InChI is InChI=1S/C15H20BrClFNO3S/c1-5-22-13(20)8-12(19-23(21)15(2,3)4)10-6-9(17)7-11(16)14(10)18/h6-7,12,19H,5,8H2,1-4H3/t12-,23?/m0/s1. The monoisotopic (exact) mass is 427 g/mol. The molecule has 0 aliphatic rings. The molecule has 1 rings (SSSR count). The zero-order valence-electron chi connectivity index (χ0n) is 13.4. The van der Waals surface area contributed by atoms with E-state index in [-0.39, 0.29) is 23.1 Å². The first-order valence-corrected chi connectivity index (χ1v) is 9.36. The molecule has 1 aromatic rings. The first-order valence-electron chi connectivity index (χ1n) is 7.04. The number of carbonyl (C=O) groups excluding carboxylic acids is 1. The second-order valence-corrected chi connectivity index (χ2v) is 9.14. The highest BCUT2D eigenvalue weighted by atomic mass is 79.9. The summed E-state index contributed by atoms with van der Waals surface area (Å²) in [5.41, 5.74) is 0.162. The summed E-state index contributed by atoms with van der Waals surface area (Å²) in [6, 6.07) is 2.02. The van der Waals surface area contributed by atoms with Crippen molar-refractivity contribution in [1.29, 1.82) is 0 Å². The fourth-order valence-electron chi connectivity index (χ4n) is 1.74. The molecule has 1 aromatic carbocycles. The summed E-state index contributed by atoms with van der Waals surface area (Å²) in [6.07, 6.45) is -0.153. The number of esters is 1. The molecule has 130 valence electrons. The maximum absolute atomic E-state index is 14.4. The van der Waals surface area contributed by atoms with E-state index in [1.165, 1.54) is 12.1 Å². The molecule has 8 heteroatoms. The van der Waals surface area contributed by atoms with Gasteiger partial charge in [-0.25, -0.2) is 4.39 Å². The third kappa shape index (κ3) is 6.23. The number of hydrogen-bond donors (Lipinski definition) is 1. The topological polar surface area (TPSA) is 61.4 Å². The predicted octanol–water partition coefficient (Wildman–Crippen LogP) is 4.29. The minimum absolute atomic E-state index is 0.153. The summed E-state index contributed by atoms with van der Waals surface area (Å²) in [4.78, 5) is 11.8. The van der Waals surface area contributed by atoms with Crippen molar-refractivity contribution in [2.45, 2.75) is 44.9 Å². The number of hydrogen-bond acceptors (Lipinski definition) is 4. The third-order valence-corrected chi connectivity index (χ3v) is 5.28. The van der Waals surface area contributed by atoms with E-state index in [0.29, 0.717) is 5.02 Å². The highest BCUT2D eigenvalue weighted by Gasteiger charge is 2.32. The zero-order chi connectivity index (χ0) is 17.8. The van der Waals surface area contributed by atoms with Crippen molar-refractivity contribution < 1.29 is 18.5 Å². The Morgan fingerprint density at radius 1 is 1.52 bits per heavy atom. The van der Waals surface area contributed by atoms with Gasteiger partial charge in [-0.05, 0) is 55.8 Å². The van der Waals surface area contributed by atoms with Crippen LogP contribution in [0.3, 0.4) is 0 Å². The molecule has 0 spiro atoms. The summed E-state index contributed by atoms with van der Waals surface area (Å²) < 4.78 is 34.1. The van der Waals surface area contributed by atoms with E-state index < -0.39 is 33.9 Å². The van der Waals surface area contributed by atoms with Crippen LogP contribution in [0.15, 0.2) is 16.6 Å². The molecule has 0 saturated carbocycles. The van der Waals surface area contributed by atoms with Gasteiger partial charge in [0.2, 0.25) is 0 Å². The summed E-state index contributed by atoms with van der Waals surface area (Å²) in [5.74, 6) is -1.06. The van der Waals surface area contributed by atoms with E-state index in [1.807, 2.05) is 0 Å². The molecule has 0 aliphatic heterocycles. The SMILES string of the molecule is CCOC(=O)C[C@H](N[S+]([O-])C(C)(C)C)c1cc(Cl)cc(Br)c1F. The molecule has 0 aliphatic carbocycles. The molecule has 4 nitrogen and oxygen atoms in total. The smallest absolute Gasteiger partial charge is 0.307 e. The first-order chi connectivity index (χ1) is 10.6. The van der Waals surface area contributed by atoms with E-state index >= 15 is 0 Å². The van der Waals surface area contributed by atoms with Crippen LogP contribution < -0.4 is 4.72 Å². The fraction of sp³-hybridized carbons (Fsp3) is 0.533. The van der Waals surface area contributed by atoms with Gasteiger partial charge in [-0.1, -0.05) is 11.6 Å². The summed E-state index contributed by atoms with van der Waals surface area (Å²) in [7, 11) is 0. The van der Waals surface area contributed by atoms with Gasteiger partial charge in [0.1, 0.15) is 10.6 Å². The van der Waals surface area contributed by atoms with Crippen molar-refractivity contribution in [2.24, 2.45) is 0 Å². The lowest BCUT2D eigenvalue weighted by Crippen LogP contribution is -2.42. The minimum Gasteiger partial charge on any atom is -0.598 e. The predicted molar refractivity (Wildman–Crippen MR) is 94.1 cm³/mol. The third-order valence-electron chi connectivity index (χ3n) is 2.88. The number of rotatable bonds is 6. The zero-order valence-corrected chi connectivity index (χ0v) is 16.6. The lowest BCUT2D eigenvalue weighted by molar-refractivity contribution is -0.143. The van der Waals surface area contributed by atoms with E-state index in [2.05, 4.69) is 20.7 Å². The largest absolute Gasteiger partial charge is 0.598 e. The molecule has 0 radical (unpaired) electrons. The quantitative estimate of drug-likeness (QED) is 0.417. The highest BCUT2D eigenvalue weighted by molar-refractivity contribution is 9.10. The van der Waals surface area contributed by atoms with Gasteiger partial charge in [-0.15, -0.1) is 4.72 Å². The van der Waals surface area contributed by atoms with Crippen molar-refractivity contribution in [3.05, 3.63) is 33.0 Å². The Kier molecular flexibility index (Phi) is 7.80. The Bertz CT molecular complexity index is 568. The van der Waals surface area contributed by atoms with Crippen molar-refractivity contribution in [3.63, 3.8) is 0 Å². The number of halogens is 3. The molecule has 2 atom stereocenters. The van der Waals surface area contributed by atoms with Crippen molar-refractivity contribution >= 4 is 44.9 Å². The van der Waals surface area contributed by atoms with Crippen LogP contribution in [0.1, 0.15) is 45.7 Å². The molecule has 0 aromatic heterocycles. The Morgan fingerprint density at radius 2 is 2.13 bits per heavy atom. The molecule has 0 heterocycles. The fourth-order valence-corrected chi connectivity index (χ4v) is 3.39. The average Bonchev–Trinajstić information content (AvgIpc) is 2.41. The minimum atomic E-state index is -1.49. The van der Waals surface area contributed by atoms with Crippen LogP contribution in [0.2, 0.25) is 5.02 Å². The normalized spacial score (nSPS) is 14.4. The number of carbonyl (C=O) groups is 1.